The van der Waals surface area contributed by atoms with E-state index in [9.17, 15) is 13.6 Å². The number of aryl methyl sites for hydroxylation is 1. The first kappa shape index (κ1) is 21.8. The molecule has 4 rings (SSSR count). The minimum absolute atomic E-state index is 0.220. The maximum absolute atomic E-state index is 13.0. The molecule has 0 saturated carbocycles. The number of ether oxygens (including phenoxy) is 1. The number of piperazine rings is 1. The van der Waals surface area contributed by atoms with Crippen LogP contribution < -0.4 is 9.80 Å². The van der Waals surface area contributed by atoms with Crippen molar-refractivity contribution in [3.8, 4) is 0 Å². The summed E-state index contributed by atoms with van der Waals surface area (Å²) in [5.41, 5.74) is 1.21. The highest BCUT2D eigenvalue weighted by Crippen LogP contribution is 2.29. The van der Waals surface area contributed by atoms with Gasteiger partial charge in [0, 0.05) is 55.9 Å². The van der Waals surface area contributed by atoms with Gasteiger partial charge in [-0.15, -0.1) is 0 Å². The van der Waals surface area contributed by atoms with Crippen molar-refractivity contribution in [2.45, 2.75) is 17.6 Å². The minimum Gasteiger partial charge on any atom is -0.378 e. The number of halogens is 2. The number of carbonyl (C=O) groups excluding carboxylic acids is 1. The highest BCUT2D eigenvalue weighted by atomic mass is 32.2. The van der Waals surface area contributed by atoms with Gasteiger partial charge in [-0.05, 0) is 19.1 Å². The lowest BCUT2D eigenvalue weighted by Crippen LogP contribution is -2.49. The van der Waals surface area contributed by atoms with Crippen molar-refractivity contribution in [1.29, 1.82) is 0 Å². The Bertz CT molecular complexity index is 918. The zero-order chi connectivity index (χ0) is 21.8. The number of hydrogen-bond donors (Lipinski definition) is 0. The number of rotatable bonds is 5. The van der Waals surface area contributed by atoms with E-state index in [1.807, 2.05) is 13.0 Å². The van der Waals surface area contributed by atoms with Crippen LogP contribution in [0.25, 0.3) is 0 Å². The predicted molar refractivity (Wildman–Crippen MR) is 116 cm³/mol. The Kier molecular flexibility index (Phi) is 6.86. The predicted octanol–water partition coefficient (Wildman–Crippen LogP) is 2.90. The third kappa shape index (κ3) is 5.24. The van der Waals surface area contributed by atoms with Gasteiger partial charge in [0.05, 0.1) is 18.8 Å². The molecule has 2 saturated heterocycles. The van der Waals surface area contributed by atoms with Crippen molar-refractivity contribution in [2.75, 3.05) is 62.3 Å². The SMILES string of the molecule is Cc1cc(N2CCOCC2)nc(N2CCN(C(=O)c3ccccc3SC(F)F)CC2)n1. The fraction of sp³-hybridized carbons (Fsp3) is 0.476. The Labute approximate surface area is 184 Å². The number of hydrogen-bond acceptors (Lipinski definition) is 7. The molecule has 0 aliphatic carbocycles. The fourth-order valence-electron chi connectivity index (χ4n) is 3.75. The van der Waals surface area contributed by atoms with Crippen LogP contribution in [0.1, 0.15) is 16.1 Å². The summed E-state index contributed by atoms with van der Waals surface area (Å²) in [5, 5.41) is 0. The summed E-state index contributed by atoms with van der Waals surface area (Å²) in [6, 6.07) is 8.52. The van der Waals surface area contributed by atoms with Gasteiger partial charge in [-0.25, -0.2) is 4.98 Å². The van der Waals surface area contributed by atoms with Gasteiger partial charge >= 0.3 is 0 Å². The molecule has 2 aliphatic rings. The molecule has 7 nitrogen and oxygen atoms in total. The second-order valence-electron chi connectivity index (χ2n) is 7.42. The highest BCUT2D eigenvalue weighted by molar-refractivity contribution is 7.99. The largest absolute Gasteiger partial charge is 0.378 e. The number of aromatic nitrogens is 2. The first-order chi connectivity index (χ1) is 15.0. The summed E-state index contributed by atoms with van der Waals surface area (Å²) in [6.07, 6.45) is 0. The smallest absolute Gasteiger partial charge is 0.288 e. The molecule has 31 heavy (non-hydrogen) atoms. The van der Waals surface area contributed by atoms with Crippen molar-refractivity contribution in [2.24, 2.45) is 0 Å². The second kappa shape index (κ2) is 9.78. The zero-order valence-corrected chi connectivity index (χ0v) is 18.2. The molecule has 1 aromatic carbocycles. The van der Waals surface area contributed by atoms with Gasteiger partial charge < -0.3 is 19.4 Å². The number of benzene rings is 1. The molecule has 3 heterocycles. The van der Waals surface area contributed by atoms with Crippen molar-refractivity contribution in [3.63, 3.8) is 0 Å². The van der Waals surface area contributed by atoms with Gasteiger partial charge in [0.25, 0.3) is 11.7 Å². The molecule has 0 bridgehead atoms. The maximum atomic E-state index is 13.0. The normalized spacial score (nSPS) is 17.4. The Balaban J connectivity index is 1.43. The Morgan fingerprint density at radius 2 is 1.74 bits per heavy atom. The number of anilines is 2. The van der Waals surface area contributed by atoms with E-state index in [2.05, 4.69) is 14.8 Å². The average Bonchev–Trinajstić information content (AvgIpc) is 2.79. The molecule has 2 aliphatic heterocycles. The van der Waals surface area contributed by atoms with Crippen LogP contribution in [-0.4, -0.2) is 79.0 Å². The standard InChI is InChI=1S/C21H25F2N5O2S/c1-15-14-18(26-10-12-30-13-11-26)25-21(24-15)28-8-6-27(7-9-28)19(29)16-4-2-3-5-17(16)31-20(22)23/h2-5,14,20H,6-13H2,1H3. The average molecular weight is 450 g/mol. The van der Waals surface area contributed by atoms with E-state index in [0.717, 1.165) is 24.6 Å². The van der Waals surface area contributed by atoms with Crippen molar-refractivity contribution >= 4 is 29.4 Å². The van der Waals surface area contributed by atoms with Gasteiger partial charge in [0.15, 0.2) is 0 Å². The molecule has 0 unspecified atom stereocenters. The lowest BCUT2D eigenvalue weighted by molar-refractivity contribution is 0.0742. The summed E-state index contributed by atoms with van der Waals surface area (Å²) in [6.45, 7) is 7.06. The molecule has 0 radical (unpaired) electrons. The molecule has 10 heteroatoms. The summed E-state index contributed by atoms with van der Waals surface area (Å²) in [4.78, 5) is 28.6. The summed E-state index contributed by atoms with van der Waals surface area (Å²) in [5.74, 6) is -1.24. The summed E-state index contributed by atoms with van der Waals surface area (Å²) >= 11 is 0.407. The Morgan fingerprint density at radius 1 is 1.03 bits per heavy atom. The van der Waals surface area contributed by atoms with E-state index in [1.54, 1.807) is 29.2 Å². The van der Waals surface area contributed by atoms with Crippen molar-refractivity contribution in [1.82, 2.24) is 14.9 Å². The molecular weight excluding hydrogens is 424 g/mol. The third-order valence-corrected chi connectivity index (χ3v) is 6.14. The third-order valence-electron chi connectivity index (χ3n) is 5.35. The molecule has 1 amide bonds. The van der Waals surface area contributed by atoms with Crippen LogP contribution >= 0.6 is 11.8 Å². The zero-order valence-electron chi connectivity index (χ0n) is 17.3. The number of alkyl halides is 2. The Hall–Kier alpha value is -2.46. The molecule has 2 aromatic rings. The first-order valence-electron chi connectivity index (χ1n) is 10.3. The van der Waals surface area contributed by atoms with E-state index in [1.165, 1.54) is 0 Å². The van der Waals surface area contributed by atoms with Gasteiger partial charge in [-0.2, -0.15) is 13.8 Å². The van der Waals surface area contributed by atoms with Crippen molar-refractivity contribution < 1.29 is 18.3 Å². The lowest BCUT2D eigenvalue weighted by Gasteiger charge is -2.36. The summed E-state index contributed by atoms with van der Waals surface area (Å²) in [7, 11) is 0. The molecule has 0 N–H and O–H groups in total. The van der Waals surface area contributed by atoms with Crippen LogP contribution in [0.5, 0.6) is 0 Å². The van der Waals surface area contributed by atoms with E-state index >= 15 is 0 Å². The number of nitrogens with zero attached hydrogens (tertiary/aromatic N) is 5. The second-order valence-corrected chi connectivity index (χ2v) is 8.45. The number of amides is 1. The van der Waals surface area contributed by atoms with E-state index in [0.29, 0.717) is 67.6 Å². The molecule has 0 atom stereocenters. The number of thioether (sulfide) groups is 1. The van der Waals surface area contributed by atoms with Crippen LogP contribution in [0, 0.1) is 6.92 Å². The Morgan fingerprint density at radius 3 is 2.45 bits per heavy atom. The van der Waals surface area contributed by atoms with E-state index in [-0.39, 0.29) is 5.91 Å². The quantitative estimate of drug-likeness (QED) is 0.651. The molecular formula is C21H25F2N5O2S. The van der Waals surface area contributed by atoms with Crippen LogP contribution in [0.3, 0.4) is 0 Å². The molecule has 166 valence electrons. The van der Waals surface area contributed by atoms with E-state index < -0.39 is 5.76 Å². The van der Waals surface area contributed by atoms with Gasteiger partial charge in [0.2, 0.25) is 5.95 Å². The van der Waals surface area contributed by atoms with E-state index in [4.69, 9.17) is 9.72 Å². The van der Waals surface area contributed by atoms with Crippen LogP contribution in [-0.2, 0) is 4.74 Å². The maximum Gasteiger partial charge on any atom is 0.288 e. The number of carbonyl (C=O) groups is 1. The minimum atomic E-state index is -2.56. The van der Waals surface area contributed by atoms with Crippen LogP contribution in [0.4, 0.5) is 20.5 Å². The van der Waals surface area contributed by atoms with Crippen molar-refractivity contribution in [3.05, 3.63) is 41.6 Å². The fourth-order valence-corrected chi connectivity index (χ4v) is 4.39. The van der Waals surface area contributed by atoms with Crippen LogP contribution in [0.2, 0.25) is 0 Å². The topological polar surface area (TPSA) is 61.8 Å². The van der Waals surface area contributed by atoms with Crippen LogP contribution in [0.15, 0.2) is 35.2 Å². The van der Waals surface area contributed by atoms with Gasteiger partial charge in [0.1, 0.15) is 5.82 Å². The van der Waals surface area contributed by atoms with Gasteiger partial charge in [-0.1, -0.05) is 23.9 Å². The summed E-state index contributed by atoms with van der Waals surface area (Å²) < 4.78 is 31.1. The first-order valence-corrected chi connectivity index (χ1v) is 11.2. The lowest BCUT2D eigenvalue weighted by atomic mass is 10.2. The molecule has 2 fully saturated rings. The monoisotopic (exact) mass is 449 g/mol. The molecule has 0 spiro atoms. The highest BCUT2D eigenvalue weighted by Gasteiger charge is 2.26. The number of morpholine rings is 1. The van der Waals surface area contributed by atoms with Gasteiger partial charge in [-0.3, -0.25) is 4.79 Å². The molecule has 1 aromatic heterocycles.